The lowest BCUT2D eigenvalue weighted by Crippen LogP contribution is -2.24. The molecular weight excluding hydrogens is 154 g/mol. The third-order valence-corrected chi connectivity index (χ3v) is 0.786. The Morgan fingerprint density at radius 1 is 1.64 bits per heavy atom. The van der Waals surface area contributed by atoms with Gasteiger partial charge in [0.1, 0.15) is 0 Å². The van der Waals surface area contributed by atoms with Gasteiger partial charge in [0.2, 0.25) is 0 Å². The summed E-state index contributed by atoms with van der Waals surface area (Å²) in [5.74, 6) is -2.60. The summed E-state index contributed by atoms with van der Waals surface area (Å²) in [6.07, 6.45) is -1.52. The van der Waals surface area contributed by atoms with Crippen molar-refractivity contribution in [1.29, 1.82) is 5.26 Å². The van der Waals surface area contributed by atoms with Crippen molar-refractivity contribution < 1.29 is 24.5 Å². The number of aliphatic hydroxyl groups excluding tert-OH is 1. The van der Waals surface area contributed by atoms with Gasteiger partial charge in [0.05, 0.1) is 6.42 Å². The van der Waals surface area contributed by atoms with E-state index in [1.54, 1.807) is 0 Å². The van der Waals surface area contributed by atoms with E-state index in [1.165, 1.54) is 0 Å². The number of hydrogen-bond acceptors (Lipinski definition) is 5. The number of aliphatic hydroxyl groups is 1. The number of carbonyl (C=O) groups excluding carboxylic acids is 1. The molecule has 0 radical (unpaired) electrons. The first-order chi connectivity index (χ1) is 5.07. The summed E-state index contributed by atoms with van der Waals surface area (Å²) in [6.45, 7) is 0. The SMILES string of the molecule is N#COC(=O)C(O)CC(=O)O. The van der Waals surface area contributed by atoms with Gasteiger partial charge in [-0.05, 0) is 0 Å². The normalized spacial score (nSPS) is 11.3. The van der Waals surface area contributed by atoms with E-state index in [0.717, 1.165) is 6.26 Å². The Bertz CT molecular complexity index is 205. The maximum atomic E-state index is 10.3. The number of nitriles is 1. The number of nitrogens with zero attached hydrogens (tertiary/aromatic N) is 1. The molecule has 0 fully saturated rings. The molecule has 11 heavy (non-hydrogen) atoms. The van der Waals surface area contributed by atoms with E-state index in [-0.39, 0.29) is 0 Å². The molecule has 0 aliphatic carbocycles. The minimum Gasteiger partial charge on any atom is -0.481 e. The quantitative estimate of drug-likeness (QED) is 0.397. The number of carboxylic acids is 1. The fourth-order valence-electron chi connectivity index (χ4n) is 0.362. The van der Waals surface area contributed by atoms with Crippen molar-refractivity contribution in [3.05, 3.63) is 0 Å². The molecule has 6 nitrogen and oxygen atoms in total. The molecule has 2 N–H and O–H groups in total. The predicted octanol–water partition coefficient (Wildman–Crippen LogP) is -1.15. The van der Waals surface area contributed by atoms with Crippen molar-refractivity contribution in [3.63, 3.8) is 0 Å². The fourth-order valence-corrected chi connectivity index (χ4v) is 0.362. The third-order valence-electron chi connectivity index (χ3n) is 0.786. The van der Waals surface area contributed by atoms with Crippen molar-refractivity contribution in [2.75, 3.05) is 0 Å². The van der Waals surface area contributed by atoms with Crippen LogP contribution in [0.5, 0.6) is 0 Å². The van der Waals surface area contributed by atoms with Crippen LogP contribution in [0.4, 0.5) is 0 Å². The molecule has 1 atom stereocenters. The molecule has 0 aliphatic heterocycles. The monoisotopic (exact) mass is 159 g/mol. The molecular formula is C5H5NO5. The molecule has 0 rings (SSSR count). The molecule has 6 heteroatoms. The molecule has 0 aromatic rings. The van der Waals surface area contributed by atoms with Crippen molar-refractivity contribution in [1.82, 2.24) is 0 Å². The van der Waals surface area contributed by atoms with Crippen LogP contribution in [0.25, 0.3) is 0 Å². The number of hydrogen-bond donors (Lipinski definition) is 2. The van der Waals surface area contributed by atoms with Gasteiger partial charge in [0, 0.05) is 0 Å². The van der Waals surface area contributed by atoms with Gasteiger partial charge in [-0.3, -0.25) is 4.79 Å². The van der Waals surface area contributed by atoms with Gasteiger partial charge >= 0.3 is 11.9 Å². The number of carboxylic acid groups (broad SMARTS) is 1. The third kappa shape index (κ3) is 3.89. The Morgan fingerprint density at radius 3 is 2.55 bits per heavy atom. The minimum atomic E-state index is -1.77. The Morgan fingerprint density at radius 2 is 2.18 bits per heavy atom. The molecule has 0 bridgehead atoms. The maximum Gasteiger partial charge on any atom is 0.350 e. The second-order valence-electron chi connectivity index (χ2n) is 1.63. The van der Waals surface area contributed by atoms with Crippen LogP contribution in [0.15, 0.2) is 0 Å². The summed E-state index contributed by atoms with van der Waals surface area (Å²) in [5.41, 5.74) is 0. The van der Waals surface area contributed by atoms with Crippen LogP contribution in [0.1, 0.15) is 6.42 Å². The number of esters is 1. The van der Waals surface area contributed by atoms with Crippen LogP contribution in [-0.4, -0.2) is 28.3 Å². The highest BCUT2D eigenvalue weighted by molar-refractivity contribution is 5.81. The van der Waals surface area contributed by atoms with Gasteiger partial charge in [-0.15, -0.1) is 5.26 Å². The summed E-state index contributed by atoms with van der Waals surface area (Å²) in [7, 11) is 0. The lowest BCUT2D eigenvalue weighted by Gasteiger charge is -2.00. The van der Waals surface area contributed by atoms with Crippen molar-refractivity contribution in [3.8, 4) is 6.26 Å². The molecule has 0 saturated heterocycles. The topological polar surface area (TPSA) is 108 Å². The molecule has 0 spiro atoms. The highest BCUT2D eigenvalue weighted by Crippen LogP contribution is 1.93. The molecule has 0 saturated carbocycles. The van der Waals surface area contributed by atoms with Crippen LogP contribution in [-0.2, 0) is 14.3 Å². The van der Waals surface area contributed by atoms with E-state index in [9.17, 15) is 9.59 Å². The maximum absolute atomic E-state index is 10.3. The predicted molar refractivity (Wildman–Crippen MR) is 30.0 cm³/mol. The number of rotatable bonds is 3. The summed E-state index contributed by atoms with van der Waals surface area (Å²) in [6, 6.07) is 0. The number of aliphatic carboxylic acids is 1. The Balaban J connectivity index is 3.85. The van der Waals surface area contributed by atoms with E-state index >= 15 is 0 Å². The highest BCUT2D eigenvalue weighted by Gasteiger charge is 2.19. The Labute approximate surface area is 61.6 Å². The van der Waals surface area contributed by atoms with E-state index in [1.807, 2.05) is 0 Å². The smallest absolute Gasteiger partial charge is 0.350 e. The van der Waals surface area contributed by atoms with E-state index < -0.39 is 24.5 Å². The van der Waals surface area contributed by atoms with Gasteiger partial charge in [0.25, 0.3) is 6.26 Å². The standard InChI is InChI=1S/C5H5NO5/c6-2-11-5(10)3(7)1-4(8)9/h3,7H,1H2,(H,8,9). The van der Waals surface area contributed by atoms with Crippen molar-refractivity contribution in [2.45, 2.75) is 12.5 Å². The zero-order chi connectivity index (χ0) is 8.85. The van der Waals surface area contributed by atoms with Gasteiger partial charge in [0.15, 0.2) is 6.10 Å². The second-order valence-corrected chi connectivity index (χ2v) is 1.63. The summed E-state index contributed by atoms with van der Waals surface area (Å²) in [4.78, 5) is 20.2. The van der Waals surface area contributed by atoms with Crippen LogP contribution in [0, 0.1) is 11.5 Å². The summed E-state index contributed by atoms with van der Waals surface area (Å²) >= 11 is 0. The Kier molecular flexibility index (Phi) is 3.62. The lowest BCUT2D eigenvalue weighted by molar-refractivity contribution is -0.152. The lowest BCUT2D eigenvalue weighted by atomic mass is 10.3. The summed E-state index contributed by atoms with van der Waals surface area (Å²) in [5, 5.41) is 24.4. The Hall–Kier alpha value is -1.61. The van der Waals surface area contributed by atoms with Crippen molar-refractivity contribution >= 4 is 11.9 Å². The van der Waals surface area contributed by atoms with Crippen LogP contribution < -0.4 is 0 Å². The van der Waals surface area contributed by atoms with Gasteiger partial charge in [-0.1, -0.05) is 0 Å². The average molecular weight is 159 g/mol. The van der Waals surface area contributed by atoms with Gasteiger partial charge in [-0.25, -0.2) is 4.79 Å². The highest BCUT2D eigenvalue weighted by atomic mass is 16.5. The molecule has 0 aromatic heterocycles. The molecule has 0 aromatic carbocycles. The van der Waals surface area contributed by atoms with Crippen LogP contribution in [0.2, 0.25) is 0 Å². The van der Waals surface area contributed by atoms with Crippen LogP contribution >= 0.6 is 0 Å². The van der Waals surface area contributed by atoms with Gasteiger partial charge < -0.3 is 14.9 Å². The van der Waals surface area contributed by atoms with E-state index in [4.69, 9.17) is 15.5 Å². The molecule has 0 aliphatic rings. The minimum absolute atomic E-state index is 0.763. The fraction of sp³-hybridized carbons (Fsp3) is 0.400. The number of carbonyl (C=O) groups is 2. The molecule has 60 valence electrons. The zero-order valence-electron chi connectivity index (χ0n) is 5.35. The zero-order valence-corrected chi connectivity index (χ0v) is 5.35. The first-order valence-electron chi connectivity index (χ1n) is 2.57. The first kappa shape index (κ1) is 9.39. The van der Waals surface area contributed by atoms with Crippen molar-refractivity contribution in [2.24, 2.45) is 0 Å². The van der Waals surface area contributed by atoms with Crippen LogP contribution in [0.3, 0.4) is 0 Å². The first-order valence-corrected chi connectivity index (χ1v) is 2.57. The second kappa shape index (κ2) is 4.24. The summed E-state index contributed by atoms with van der Waals surface area (Å²) < 4.78 is 3.66. The van der Waals surface area contributed by atoms with E-state index in [2.05, 4.69) is 4.74 Å². The molecule has 1 unspecified atom stereocenters. The average Bonchev–Trinajstić information content (AvgIpc) is 1.86. The molecule has 0 amide bonds. The van der Waals surface area contributed by atoms with E-state index in [0.29, 0.717) is 0 Å². The number of ether oxygens (including phenoxy) is 1. The largest absolute Gasteiger partial charge is 0.481 e. The van der Waals surface area contributed by atoms with Gasteiger partial charge in [-0.2, -0.15) is 0 Å². The molecule has 0 heterocycles.